The van der Waals surface area contributed by atoms with Crippen LogP contribution in [-0.2, 0) is 4.79 Å². The first-order valence-corrected chi connectivity index (χ1v) is 9.62. The summed E-state index contributed by atoms with van der Waals surface area (Å²) in [7, 11) is 0. The summed E-state index contributed by atoms with van der Waals surface area (Å²) in [5, 5.41) is 13.4. The molecule has 0 saturated heterocycles. The molecule has 1 amide bonds. The Morgan fingerprint density at radius 2 is 1.83 bits per heavy atom. The maximum absolute atomic E-state index is 13.8. The predicted molar refractivity (Wildman–Crippen MR) is 108 cm³/mol. The largest absolute Gasteiger partial charge is 0.407 e. The van der Waals surface area contributed by atoms with Crippen molar-refractivity contribution in [2.75, 3.05) is 6.54 Å². The second kappa shape index (κ2) is 10.2. The van der Waals surface area contributed by atoms with Crippen LogP contribution >= 0.6 is 0 Å². The lowest BCUT2D eigenvalue weighted by atomic mass is 9.98. The van der Waals surface area contributed by atoms with Crippen molar-refractivity contribution in [1.82, 2.24) is 15.6 Å². The zero-order valence-corrected chi connectivity index (χ0v) is 17.1. The molecule has 2 aromatic rings. The second-order valence-electron chi connectivity index (χ2n) is 7.54. The molecule has 2 N–H and O–H groups in total. The highest BCUT2D eigenvalue weighted by molar-refractivity contribution is 5.82. The summed E-state index contributed by atoms with van der Waals surface area (Å²) in [5.41, 5.74) is 2.35. The van der Waals surface area contributed by atoms with Crippen LogP contribution in [0, 0.1) is 24.2 Å². The molecule has 30 heavy (non-hydrogen) atoms. The van der Waals surface area contributed by atoms with Crippen molar-refractivity contribution in [2.24, 2.45) is 5.92 Å². The van der Waals surface area contributed by atoms with Gasteiger partial charge in [0.2, 0.25) is 5.91 Å². The summed E-state index contributed by atoms with van der Waals surface area (Å²) in [5.74, 6) is -0.640. The maximum Gasteiger partial charge on any atom is 0.407 e. The molecule has 1 aromatic carbocycles. The van der Waals surface area contributed by atoms with Gasteiger partial charge in [-0.05, 0) is 36.5 Å². The Hall–Kier alpha value is -2.92. The number of aryl methyl sites for hydroxylation is 1. The zero-order valence-electron chi connectivity index (χ0n) is 17.1. The van der Waals surface area contributed by atoms with Crippen LogP contribution < -0.4 is 10.6 Å². The molecule has 0 aliphatic heterocycles. The van der Waals surface area contributed by atoms with Crippen molar-refractivity contribution in [2.45, 2.75) is 45.5 Å². The van der Waals surface area contributed by atoms with Gasteiger partial charge in [0, 0.05) is 11.8 Å². The third kappa shape index (κ3) is 6.56. The van der Waals surface area contributed by atoms with E-state index in [0.29, 0.717) is 11.3 Å². The Bertz CT molecular complexity index is 871. The van der Waals surface area contributed by atoms with Crippen molar-refractivity contribution in [3.8, 4) is 17.3 Å². The highest BCUT2D eigenvalue weighted by Crippen LogP contribution is 2.34. The first kappa shape index (κ1) is 23.4. The lowest BCUT2D eigenvalue weighted by Gasteiger charge is -2.28. The normalized spacial score (nSPS) is 13.5. The molecule has 1 aromatic heterocycles. The fourth-order valence-electron chi connectivity index (χ4n) is 3.04. The molecule has 0 unspecified atom stereocenters. The monoisotopic (exact) mass is 418 g/mol. The molecule has 0 saturated carbocycles. The third-order valence-corrected chi connectivity index (χ3v) is 4.51. The molecule has 0 radical (unpaired) electrons. The van der Waals surface area contributed by atoms with Crippen molar-refractivity contribution >= 4 is 5.91 Å². The summed E-state index contributed by atoms with van der Waals surface area (Å²) < 4.78 is 41.5. The number of alkyl halides is 3. The number of aromatic nitrogens is 1. The van der Waals surface area contributed by atoms with E-state index >= 15 is 0 Å². The highest BCUT2D eigenvalue weighted by atomic mass is 19.4. The molecule has 0 aliphatic carbocycles. The standard InChI is InChI=1S/C22H25F3N4O/c1-14(2)12-19(21(30)27-11-10-26)29-20(22(23,24)25)17-7-5-16(6-8-17)18-9-4-15(3)13-28-18/h4-9,13-14,19-20,29H,11-12H2,1-3H3,(H,27,30)/t19-,20-/m0/s1. The van der Waals surface area contributed by atoms with Crippen LogP contribution in [0.2, 0.25) is 0 Å². The number of carbonyl (C=O) groups is 1. The molecular weight excluding hydrogens is 393 g/mol. The molecule has 0 bridgehead atoms. The van der Waals surface area contributed by atoms with Crippen LogP contribution in [0.3, 0.4) is 0 Å². The van der Waals surface area contributed by atoms with Gasteiger partial charge in [-0.1, -0.05) is 44.2 Å². The Balaban J connectivity index is 2.28. The molecule has 0 aliphatic rings. The Kier molecular flexibility index (Phi) is 7.95. The van der Waals surface area contributed by atoms with Crippen LogP contribution in [-0.4, -0.2) is 29.7 Å². The minimum atomic E-state index is -4.60. The van der Waals surface area contributed by atoms with E-state index < -0.39 is 24.2 Å². The lowest BCUT2D eigenvalue weighted by Crippen LogP contribution is -2.49. The molecular formula is C22H25F3N4O. The van der Waals surface area contributed by atoms with Crippen LogP contribution in [0.4, 0.5) is 13.2 Å². The number of hydrogen-bond donors (Lipinski definition) is 2. The van der Waals surface area contributed by atoms with Crippen molar-refractivity contribution < 1.29 is 18.0 Å². The Labute approximate surface area is 174 Å². The van der Waals surface area contributed by atoms with Gasteiger partial charge in [-0.25, -0.2) is 0 Å². The summed E-state index contributed by atoms with van der Waals surface area (Å²) in [6, 6.07) is 8.30. The van der Waals surface area contributed by atoms with Crippen LogP contribution in [0.1, 0.15) is 37.4 Å². The van der Waals surface area contributed by atoms with Crippen LogP contribution in [0.25, 0.3) is 11.3 Å². The summed E-state index contributed by atoms with van der Waals surface area (Å²) >= 11 is 0. The number of halogens is 3. The van der Waals surface area contributed by atoms with Crippen LogP contribution in [0.5, 0.6) is 0 Å². The van der Waals surface area contributed by atoms with Crippen molar-refractivity contribution in [3.05, 3.63) is 53.7 Å². The molecule has 0 fully saturated rings. The van der Waals surface area contributed by atoms with Gasteiger partial charge in [0.25, 0.3) is 0 Å². The molecule has 0 spiro atoms. The van der Waals surface area contributed by atoms with Gasteiger partial charge >= 0.3 is 6.18 Å². The number of hydrogen-bond acceptors (Lipinski definition) is 4. The van der Waals surface area contributed by atoms with E-state index in [9.17, 15) is 18.0 Å². The minimum Gasteiger partial charge on any atom is -0.342 e. The van der Waals surface area contributed by atoms with E-state index in [0.717, 1.165) is 5.56 Å². The smallest absolute Gasteiger partial charge is 0.342 e. The third-order valence-electron chi connectivity index (χ3n) is 4.51. The van der Waals surface area contributed by atoms with Gasteiger partial charge in [-0.2, -0.15) is 18.4 Å². The van der Waals surface area contributed by atoms with E-state index in [2.05, 4.69) is 15.6 Å². The van der Waals surface area contributed by atoms with Gasteiger partial charge < -0.3 is 5.32 Å². The van der Waals surface area contributed by atoms with E-state index in [-0.39, 0.29) is 24.4 Å². The first-order chi connectivity index (χ1) is 14.1. The number of carbonyl (C=O) groups excluding carboxylic acids is 1. The zero-order chi connectivity index (χ0) is 22.3. The Morgan fingerprint density at radius 1 is 1.17 bits per heavy atom. The highest BCUT2D eigenvalue weighted by Gasteiger charge is 2.42. The number of amides is 1. The second-order valence-corrected chi connectivity index (χ2v) is 7.54. The quantitative estimate of drug-likeness (QED) is 0.627. The fourth-order valence-corrected chi connectivity index (χ4v) is 3.04. The summed E-state index contributed by atoms with van der Waals surface area (Å²) in [6.07, 6.45) is -2.71. The number of benzene rings is 1. The molecule has 5 nitrogen and oxygen atoms in total. The minimum absolute atomic E-state index is 0.000186. The van der Waals surface area contributed by atoms with E-state index in [4.69, 9.17) is 5.26 Å². The van der Waals surface area contributed by atoms with Crippen molar-refractivity contribution in [3.63, 3.8) is 0 Å². The van der Waals surface area contributed by atoms with Gasteiger partial charge in [0.15, 0.2) is 0 Å². The van der Waals surface area contributed by atoms with Crippen molar-refractivity contribution in [1.29, 1.82) is 5.26 Å². The van der Waals surface area contributed by atoms with E-state index in [1.54, 1.807) is 24.4 Å². The molecule has 2 atom stereocenters. The van der Waals surface area contributed by atoms with Gasteiger partial charge in [-0.15, -0.1) is 0 Å². The number of nitrogens with one attached hydrogen (secondary N) is 2. The summed E-state index contributed by atoms with van der Waals surface area (Å²) in [6.45, 7) is 5.28. The first-order valence-electron chi connectivity index (χ1n) is 9.62. The number of pyridine rings is 1. The Morgan fingerprint density at radius 3 is 2.33 bits per heavy atom. The lowest BCUT2D eigenvalue weighted by molar-refractivity contribution is -0.161. The maximum atomic E-state index is 13.8. The topological polar surface area (TPSA) is 77.8 Å². The van der Waals surface area contributed by atoms with E-state index in [1.807, 2.05) is 32.9 Å². The molecule has 1 heterocycles. The number of rotatable bonds is 8. The van der Waals surface area contributed by atoms with Gasteiger partial charge in [0.05, 0.1) is 17.8 Å². The molecule has 8 heteroatoms. The fraction of sp³-hybridized carbons (Fsp3) is 0.409. The van der Waals surface area contributed by atoms with Crippen LogP contribution in [0.15, 0.2) is 42.6 Å². The summed E-state index contributed by atoms with van der Waals surface area (Å²) in [4.78, 5) is 16.6. The SMILES string of the molecule is Cc1ccc(-c2ccc([C@H](N[C@@H](CC(C)C)C(=O)NCC#N)C(F)(F)F)cc2)nc1. The predicted octanol–water partition coefficient (Wildman–Crippen LogP) is 4.30. The number of nitrogens with zero attached hydrogens (tertiary/aromatic N) is 2. The van der Waals surface area contributed by atoms with Gasteiger partial charge in [0.1, 0.15) is 12.6 Å². The average Bonchev–Trinajstić information content (AvgIpc) is 2.69. The number of nitriles is 1. The van der Waals surface area contributed by atoms with Gasteiger partial charge in [-0.3, -0.25) is 15.1 Å². The van der Waals surface area contributed by atoms with E-state index in [1.165, 1.54) is 12.1 Å². The molecule has 2 rings (SSSR count). The average molecular weight is 418 g/mol. The molecule has 160 valence electrons.